The van der Waals surface area contributed by atoms with Gasteiger partial charge in [0.15, 0.2) is 0 Å². The maximum atomic E-state index is 3.50. The van der Waals surface area contributed by atoms with E-state index in [9.17, 15) is 0 Å². The van der Waals surface area contributed by atoms with Gasteiger partial charge in [-0.05, 0) is 30.4 Å². The minimum atomic E-state index is 1.11. The van der Waals surface area contributed by atoms with Crippen molar-refractivity contribution in [3.63, 3.8) is 0 Å². The lowest BCUT2D eigenvalue weighted by atomic mass is 10.1. The van der Waals surface area contributed by atoms with E-state index in [1.165, 1.54) is 41.4 Å². The summed E-state index contributed by atoms with van der Waals surface area (Å²) in [7, 11) is 6.43. The Hall–Kier alpha value is -1.22. The van der Waals surface area contributed by atoms with Crippen LogP contribution >= 0.6 is 15.9 Å². The molecule has 0 N–H and O–H groups in total. The Balaban J connectivity index is 2.30. The van der Waals surface area contributed by atoms with Crippen LogP contribution in [0, 0.1) is 0 Å². The fourth-order valence-electron chi connectivity index (χ4n) is 2.73. The first-order valence-electron chi connectivity index (χ1n) is 7.61. The molecule has 2 aromatic carbocycles. The highest BCUT2D eigenvalue weighted by molar-refractivity contribution is 9.09. The predicted molar refractivity (Wildman–Crippen MR) is 99.2 cm³/mol. The number of hydrogen-bond donors (Lipinski definition) is 0. The fourth-order valence-corrected chi connectivity index (χ4v) is 3.13. The smallest absolute Gasteiger partial charge is 0.0464 e. The summed E-state index contributed by atoms with van der Waals surface area (Å²) in [6, 6.07) is 13.1. The van der Waals surface area contributed by atoms with Gasteiger partial charge in [0.2, 0.25) is 0 Å². The van der Waals surface area contributed by atoms with E-state index >= 15 is 0 Å². The molecule has 0 heterocycles. The molecule has 0 bridgehead atoms. The Morgan fingerprint density at radius 1 is 0.857 bits per heavy atom. The summed E-state index contributed by atoms with van der Waals surface area (Å²) in [4.78, 5) is 4.59. The van der Waals surface area contributed by atoms with Crippen molar-refractivity contribution in [2.24, 2.45) is 0 Å². The van der Waals surface area contributed by atoms with Gasteiger partial charge in [0.05, 0.1) is 0 Å². The summed E-state index contributed by atoms with van der Waals surface area (Å²) in [5, 5.41) is 3.77. The molecule has 0 aliphatic carbocycles. The maximum Gasteiger partial charge on any atom is 0.0464 e. The molecule has 0 amide bonds. The molecule has 0 aliphatic rings. The van der Waals surface area contributed by atoms with Gasteiger partial charge in [-0.15, -0.1) is 0 Å². The van der Waals surface area contributed by atoms with Crippen molar-refractivity contribution >= 4 is 38.1 Å². The van der Waals surface area contributed by atoms with Crippen LogP contribution in [0.2, 0.25) is 0 Å². The summed E-state index contributed by atoms with van der Waals surface area (Å²) in [5.41, 5.74) is 2.62. The molecule has 2 nitrogen and oxygen atoms in total. The zero-order chi connectivity index (χ0) is 15.2. The van der Waals surface area contributed by atoms with Crippen LogP contribution in [0.1, 0.15) is 19.3 Å². The molecular weight excluding hydrogens is 324 g/mol. The zero-order valence-electron chi connectivity index (χ0n) is 13.3. The van der Waals surface area contributed by atoms with Gasteiger partial charge in [-0.2, -0.15) is 0 Å². The lowest BCUT2D eigenvalue weighted by molar-refractivity contribution is 0.712. The first kappa shape index (κ1) is 16.2. The zero-order valence-corrected chi connectivity index (χ0v) is 14.9. The van der Waals surface area contributed by atoms with Crippen molar-refractivity contribution in [3.05, 3.63) is 36.4 Å². The standard InChI is InChI=1S/C18H25BrN2/c1-20(2)16-11-7-9-15-10-8-12-17(18(15)16)21(3)14-6-4-5-13-19/h7-12H,4-6,13-14H2,1-3H3. The first-order chi connectivity index (χ1) is 10.1. The number of fused-ring (bicyclic) bond motifs is 1. The topological polar surface area (TPSA) is 6.48 Å². The minimum absolute atomic E-state index is 1.11. The van der Waals surface area contributed by atoms with Crippen molar-refractivity contribution in [2.45, 2.75) is 19.3 Å². The molecule has 21 heavy (non-hydrogen) atoms. The number of benzene rings is 2. The normalized spacial score (nSPS) is 10.9. The number of rotatable bonds is 7. The van der Waals surface area contributed by atoms with E-state index < -0.39 is 0 Å². The average molecular weight is 349 g/mol. The van der Waals surface area contributed by atoms with E-state index in [2.05, 4.69) is 83.3 Å². The molecule has 0 saturated carbocycles. The molecule has 0 fully saturated rings. The highest BCUT2D eigenvalue weighted by atomic mass is 79.9. The van der Waals surface area contributed by atoms with Crippen LogP contribution in [-0.4, -0.2) is 33.0 Å². The Kier molecular flexibility index (Phi) is 5.92. The third-order valence-electron chi connectivity index (χ3n) is 3.88. The van der Waals surface area contributed by atoms with Crippen LogP contribution < -0.4 is 9.80 Å². The number of unbranched alkanes of at least 4 members (excludes halogenated alkanes) is 2. The van der Waals surface area contributed by atoms with Gasteiger partial charge in [0, 0.05) is 49.8 Å². The third-order valence-corrected chi connectivity index (χ3v) is 4.44. The average Bonchev–Trinajstić information content (AvgIpc) is 2.50. The van der Waals surface area contributed by atoms with E-state index in [4.69, 9.17) is 0 Å². The number of halogens is 1. The van der Waals surface area contributed by atoms with Crippen molar-refractivity contribution < 1.29 is 0 Å². The van der Waals surface area contributed by atoms with Gasteiger partial charge >= 0.3 is 0 Å². The first-order valence-corrected chi connectivity index (χ1v) is 8.73. The Morgan fingerprint density at radius 2 is 1.52 bits per heavy atom. The van der Waals surface area contributed by atoms with Crippen LogP contribution in [0.3, 0.4) is 0 Å². The molecular formula is C18H25BrN2. The SMILES string of the molecule is CN(C)c1cccc2cccc(N(C)CCCCCBr)c12. The van der Waals surface area contributed by atoms with Gasteiger partial charge in [-0.3, -0.25) is 0 Å². The molecule has 114 valence electrons. The Labute approximate surface area is 136 Å². The lowest BCUT2D eigenvalue weighted by Crippen LogP contribution is -2.19. The molecule has 2 aromatic rings. The Bertz CT molecular complexity index is 575. The van der Waals surface area contributed by atoms with Crippen LogP contribution in [0.25, 0.3) is 10.8 Å². The van der Waals surface area contributed by atoms with Gasteiger partial charge in [-0.1, -0.05) is 46.6 Å². The highest BCUT2D eigenvalue weighted by Crippen LogP contribution is 2.34. The van der Waals surface area contributed by atoms with Crippen LogP contribution in [0.5, 0.6) is 0 Å². The van der Waals surface area contributed by atoms with Crippen LogP contribution in [-0.2, 0) is 0 Å². The lowest BCUT2D eigenvalue weighted by Gasteiger charge is -2.24. The summed E-state index contributed by atoms with van der Waals surface area (Å²) in [6.45, 7) is 1.11. The minimum Gasteiger partial charge on any atom is -0.377 e. The molecule has 0 saturated heterocycles. The summed E-state index contributed by atoms with van der Waals surface area (Å²) < 4.78 is 0. The highest BCUT2D eigenvalue weighted by Gasteiger charge is 2.10. The van der Waals surface area contributed by atoms with Gasteiger partial charge in [-0.25, -0.2) is 0 Å². The second-order valence-corrected chi connectivity index (χ2v) is 6.51. The largest absolute Gasteiger partial charge is 0.377 e. The van der Waals surface area contributed by atoms with E-state index in [0.29, 0.717) is 0 Å². The quantitative estimate of drug-likeness (QED) is 0.518. The van der Waals surface area contributed by atoms with Crippen molar-refractivity contribution in [1.29, 1.82) is 0 Å². The number of anilines is 2. The summed E-state index contributed by atoms with van der Waals surface area (Å²) >= 11 is 3.50. The molecule has 0 unspecified atom stereocenters. The van der Waals surface area contributed by atoms with Crippen molar-refractivity contribution in [2.75, 3.05) is 42.8 Å². The van der Waals surface area contributed by atoms with Crippen LogP contribution in [0.15, 0.2) is 36.4 Å². The number of alkyl halides is 1. The Morgan fingerprint density at radius 3 is 2.14 bits per heavy atom. The molecule has 0 spiro atoms. The molecule has 2 rings (SSSR count). The predicted octanol–water partition coefficient (Wildman–Crippen LogP) is 4.91. The third kappa shape index (κ3) is 3.91. The van der Waals surface area contributed by atoms with Crippen LogP contribution in [0.4, 0.5) is 11.4 Å². The molecule has 3 heteroatoms. The molecule has 0 radical (unpaired) electrons. The van der Waals surface area contributed by atoms with E-state index in [1.807, 2.05) is 0 Å². The monoisotopic (exact) mass is 348 g/mol. The van der Waals surface area contributed by atoms with E-state index in [-0.39, 0.29) is 0 Å². The molecule has 0 aromatic heterocycles. The van der Waals surface area contributed by atoms with Gasteiger partial charge < -0.3 is 9.80 Å². The maximum absolute atomic E-state index is 3.50. The molecule has 0 atom stereocenters. The number of hydrogen-bond acceptors (Lipinski definition) is 2. The fraction of sp³-hybridized carbons (Fsp3) is 0.444. The molecule has 0 aliphatic heterocycles. The van der Waals surface area contributed by atoms with E-state index in [0.717, 1.165) is 11.9 Å². The van der Waals surface area contributed by atoms with Crippen molar-refractivity contribution in [1.82, 2.24) is 0 Å². The summed E-state index contributed by atoms with van der Waals surface area (Å²) in [6.07, 6.45) is 3.77. The summed E-state index contributed by atoms with van der Waals surface area (Å²) in [5.74, 6) is 0. The van der Waals surface area contributed by atoms with E-state index in [1.54, 1.807) is 0 Å². The van der Waals surface area contributed by atoms with Gasteiger partial charge in [0.25, 0.3) is 0 Å². The number of nitrogens with zero attached hydrogens (tertiary/aromatic N) is 2. The second-order valence-electron chi connectivity index (χ2n) is 5.72. The second kappa shape index (κ2) is 7.69. The van der Waals surface area contributed by atoms with Gasteiger partial charge in [0.1, 0.15) is 0 Å². The van der Waals surface area contributed by atoms with Crippen molar-refractivity contribution in [3.8, 4) is 0 Å².